The number of carbonyl (C=O) groups is 2. The van der Waals surface area contributed by atoms with Crippen molar-refractivity contribution in [2.24, 2.45) is 5.41 Å². The predicted molar refractivity (Wildman–Crippen MR) is 102 cm³/mol. The monoisotopic (exact) mass is 378 g/mol. The second-order valence-electron chi connectivity index (χ2n) is 6.30. The van der Waals surface area contributed by atoms with Crippen LogP contribution in [0.15, 0.2) is 42.5 Å². The lowest BCUT2D eigenvalue weighted by molar-refractivity contribution is -0.138. The van der Waals surface area contributed by atoms with Crippen molar-refractivity contribution < 1.29 is 9.59 Å². The van der Waals surface area contributed by atoms with E-state index in [9.17, 15) is 9.59 Å². The Labute approximate surface area is 157 Å². The van der Waals surface area contributed by atoms with Gasteiger partial charge in [0.1, 0.15) is 5.41 Å². The Balaban J connectivity index is 2.03. The number of hydrogen-bond donors (Lipinski definition) is 2. The number of anilines is 1. The molecule has 0 saturated carbocycles. The summed E-state index contributed by atoms with van der Waals surface area (Å²) in [6.45, 7) is 5.30. The molecule has 2 N–H and O–H groups in total. The third-order valence-corrected chi connectivity index (χ3v) is 4.68. The number of rotatable bonds is 5. The Kier molecular flexibility index (Phi) is 6.09. The highest BCUT2D eigenvalue weighted by molar-refractivity contribution is 6.32. The Bertz CT molecular complexity index is 787. The number of carbonyl (C=O) groups excluding carboxylic acids is 2. The first-order valence-corrected chi connectivity index (χ1v) is 8.56. The molecule has 0 radical (unpaired) electrons. The molecule has 0 bridgehead atoms. The molecule has 4 nitrogen and oxygen atoms in total. The lowest BCUT2D eigenvalue weighted by Gasteiger charge is -2.23. The maximum absolute atomic E-state index is 12.6. The normalized spacial score (nSPS) is 11.1. The third-order valence-electron chi connectivity index (χ3n) is 4.02. The van der Waals surface area contributed by atoms with Crippen molar-refractivity contribution >= 4 is 40.7 Å². The van der Waals surface area contributed by atoms with Gasteiger partial charge in [-0.2, -0.15) is 0 Å². The van der Waals surface area contributed by atoms with E-state index < -0.39 is 11.3 Å². The van der Waals surface area contributed by atoms with E-state index >= 15 is 0 Å². The zero-order valence-corrected chi connectivity index (χ0v) is 15.8. The molecule has 6 heteroatoms. The van der Waals surface area contributed by atoms with Gasteiger partial charge >= 0.3 is 0 Å². The zero-order chi connectivity index (χ0) is 18.6. The van der Waals surface area contributed by atoms with E-state index in [0.29, 0.717) is 22.3 Å². The molecule has 2 aromatic carbocycles. The molecule has 0 aliphatic carbocycles. The van der Waals surface area contributed by atoms with Crippen LogP contribution in [0.4, 0.5) is 5.69 Å². The first kappa shape index (κ1) is 19.3. The standard InChI is InChI=1S/C19H20Cl2N2O2/c1-12-15(21)5-4-6-16(12)23-18(25)19(2,3)17(24)22-11-13-7-9-14(20)10-8-13/h4-10H,11H2,1-3H3,(H,22,24)(H,23,25). The van der Waals surface area contributed by atoms with E-state index in [4.69, 9.17) is 23.2 Å². The van der Waals surface area contributed by atoms with Gasteiger partial charge in [0.15, 0.2) is 0 Å². The van der Waals surface area contributed by atoms with Crippen LogP contribution in [0.25, 0.3) is 0 Å². The van der Waals surface area contributed by atoms with E-state index in [1.165, 1.54) is 0 Å². The van der Waals surface area contributed by atoms with E-state index in [1.807, 2.05) is 19.1 Å². The summed E-state index contributed by atoms with van der Waals surface area (Å²) < 4.78 is 0. The van der Waals surface area contributed by atoms with Crippen LogP contribution in [0.3, 0.4) is 0 Å². The first-order chi connectivity index (χ1) is 11.7. The fraction of sp³-hybridized carbons (Fsp3) is 0.263. The summed E-state index contributed by atoms with van der Waals surface area (Å²) in [5, 5.41) is 6.75. The summed E-state index contributed by atoms with van der Waals surface area (Å²) in [5.41, 5.74) is 1.02. The van der Waals surface area contributed by atoms with Crippen molar-refractivity contribution in [2.45, 2.75) is 27.3 Å². The fourth-order valence-corrected chi connectivity index (χ4v) is 2.43. The Hall–Kier alpha value is -2.04. The minimum Gasteiger partial charge on any atom is -0.351 e. The van der Waals surface area contributed by atoms with Crippen LogP contribution in [0, 0.1) is 12.3 Å². The van der Waals surface area contributed by atoms with Crippen molar-refractivity contribution in [1.29, 1.82) is 0 Å². The number of halogens is 2. The number of nitrogens with one attached hydrogen (secondary N) is 2. The molecule has 0 aliphatic heterocycles. The summed E-state index contributed by atoms with van der Waals surface area (Å²) in [7, 11) is 0. The van der Waals surface area contributed by atoms with E-state index in [-0.39, 0.29) is 5.91 Å². The average molecular weight is 379 g/mol. The van der Waals surface area contributed by atoms with Gasteiger partial charge in [0.2, 0.25) is 11.8 Å². The summed E-state index contributed by atoms with van der Waals surface area (Å²) in [6, 6.07) is 12.4. The van der Waals surface area contributed by atoms with Crippen molar-refractivity contribution in [1.82, 2.24) is 5.32 Å². The van der Waals surface area contributed by atoms with Gasteiger partial charge < -0.3 is 10.6 Å². The maximum atomic E-state index is 12.6. The van der Waals surface area contributed by atoms with Crippen LogP contribution in [-0.2, 0) is 16.1 Å². The second-order valence-corrected chi connectivity index (χ2v) is 7.14. The van der Waals surface area contributed by atoms with Crippen LogP contribution in [0.5, 0.6) is 0 Å². The summed E-state index contributed by atoms with van der Waals surface area (Å²) in [6.07, 6.45) is 0. The smallest absolute Gasteiger partial charge is 0.239 e. The van der Waals surface area contributed by atoms with E-state index in [1.54, 1.807) is 44.2 Å². The molecule has 2 rings (SSSR count). The largest absolute Gasteiger partial charge is 0.351 e. The molecule has 132 valence electrons. The molecule has 0 saturated heterocycles. The molecule has 0 atom stereocenters. The Morgan fingerprint density at radius 2 is 1.64 bits per heavy atom. The van der Waals surface area contributed by atoms with Gasteiger partial charge in [-0.3, -0.25) is 9.59 Å². The molecule has 0 unspecified atom stereocenters. The highest BCUT2D eigenvalue weighted by Gasteiger charge is 2.36. The topological polar surface area (TPSA) is 58.2 Å². The molecule has 2 aromatic rings. The minimum atomic E-state index is -1.23. The highest BCUT2D eigenvalue weighted by Crippen LogP contribution is 2.25. The van der Waals surface area contributed by atoms with E-state index in [2.05, 4.69) is 10.6 Å². The van der Waals surface area contributed by atoms with Crippen LogP contribution < -0.4 is 10.6 Å². The maximum Gasteiger partial charge on any atom is 0.239 e. The number of hydrogen-bond acceptors (Lipinski definition) is 2. The SMILES string of the molecule is Cc1c(Cl)cccc1NC(=O)C(C)(C)C(=O)NCc1ccc(Cl)cc1. The third kappa shape index (κ3) is 4.74. The molecule has 0 aromatic heterocycles. The van der Waals surface area contributed by atoms with Crippen LogP contribution >= 0.6 is 23.2 Å². The molecule has 0 fully saturated rings. The quantitative estimate of drug-likeness (QED) is 0.747. The van der Waals surface area contributed by atoms with Gasteiger partial charge in [0, 0.05) is 22.3 Å². The van der Waals surface area contributed by atoms with Gasteiger partial charge in [-0.15, -0.1) is 0 Å². The molecular formula is C19H20Cl2N2O2. The van der Waals surface area contributed by atoms with Crippen molar-refractivity contribution in [2.75, 3.05) is 5.32 Å². The lowest BCUT2D eigenvalue weighted by atomic mass is 9.90. The molecule has 0 aliphatic rings. The van der Waals surface area contributed by atoms with Gasteiger partial charge in [-0.25, -0.2) is 0 Å². The van der Waals surface area contributed by atoms with Crippen LogP contribution in [0.1, 0.15) is 25.0 Å². The minimum absolute atomic E-state index is 0.322. The lowest BCUT2D eigenvalue weighted by Crippen LogP contribution is -2.45. The molecule has 0 spiro atoms. The molecular weight excluding hydrogens is 359 g/mol. The highest BCUT2D eigenvalue weighted by atomic mass is 35.5. The zero-order valence-electron chi connectivity index (χ0n) is 14.3. The van der Waals surface area contributed by atoms with Crippen LogP contribution in [0.2, 0.25) is 10.0 Å². The van der Waals surface area contributed by atoms with Gasteiger partial charge in [-0.05, 0) is 56.2 Å². The second kappa shape index (κ2) is 7.89. The van der Waals surface area contributed by atoms with Gasteiger partial charge in [0.05, 0.1) is 0 Å². The summed E-state index contributed by atoms with van der Waals surface area (Å²) in [5.74, 6) is -0.758. The molecule has 0 heterocycles. The summed E-state index contributed by atoms with van der Waals surface area (Å²) >= 11 is 11.9. The van der Waals surface area contributed by atoms with Crippen molar-refractivity contribution in [3.05, 3.63) is 63.6 Å². The Morgan fingerprint density at radius 3 is 2.28 bits per heavy atom. The van der Waals surface area contributed by atoms with Crippen LogP contribution in [-0.4, -0.2) is 11.8 Å². The van der Waals surface area contributed by atoms with Crippen molar-refractivity contribution in [3.63, 3.8) is 0 Å². The van der Waals surface area contributed by atoms with Gasteiger partial charge in [-0.1, -0.05) is 41.4 Å². The Morgan fingerprint density at radius 1 is 1.00 bits per heavy atom. The average Bonchev–Trinajstić information content (AvgIpc) is 2.58. The van der Waals surface area contributed by atoms with Gasteiger partial charge in [0.25, 0.3) is 0 Å². The number of amides is 2. The fourth-order valence-electron chi connectivity index (χ4n) is 2.13. The number of benzene rings is 2. The summed E-state index contributed by atoms with van der Waals surface area (Å²) in [4.78, 5) is 25.0. The predicted octanol–water partition coefficient (Wildman–Crippen LogP) is 4.58. The molecule has 2 amide bonds. The first-order valence-electron chi connectivity index (χ1n) is 7.81. The van der Waals surface area contributed by atoms with E-state index in [0.717, 1.165) is 11.1 Å². The van der Waals surface area contributed by atoms with Crippen molar-refractivity contribution in [3.8, 4) is 0 Å². The molecule has 25 heavy (non-hydrogen) atoms.